The Morgan fingerprint density at radius 1 is 1.16 bits per heavy atom. The van der Waals surface area contributed by atoms with E-state index in [1.54, 1.807) is 42.8 Å². The molecule has 0 aromatic heterocycles. The van der Waals surface area contributed by atoms with Crippen LogP contribution < -0.4 is 14.4 Å². The second-order valence-corrected chi connectivity index (χ2v) is 17.0. The van der Waals surface area contributed by atoms with Crippen LogP contribution in [0.25, 0.3) is 0 Å². The molecular weight excluding hydrogens is 680 g/mol. The van der Waals surface area contributed by atoms with E-state index in [9.17, 15) is 18.0 Å². The van der Waals surface area contributed by atoms with E-state index in [0.29, 0.717) is 75.4 Å². The van der Waals surface area contributed by atoms with Gasteiger partial charge in [-0.05, 0) is 93.6 Å². The fourth-order valence-corrected chi connectivity index (χ4v) is 9.76. The molecule has 13 heteroatoms. The van der Waals surface area contributed by atoms with E-state index in [1.165, 1.54) is 17.2 Å². The second kappa shape index (κ2) is 13.3. The summed E-state index contributed by atoms with van der Waals surface area (Å²) in [4.78, 5) is 32.9. The Bertz CT molecular complexity index is 1810. The van der Waals surface area contributed by atoms with E-state index >= 15 is 0 Å². The van der Waals surface area contributed by atoms with Crippen LogP contribution in [-0.2, 0) is 36.1 Å². The minimum absolute atomic E-state index is 0.0153. The Kier molecular flexibility index (Phi) is 9.36. The third-order valence-electron chi connectivity index (χ3n) is 11.6. The van der Waals surface area contributed by atoms with Crippen LogP contribution in [0.3, 0.4) is 0 Å². The van der Waals surface area contributed by atoms with Gasteiger partial charge in [0.2, 0.25) is 0 Å². The molecule has 11 nitrogen and oxygen atoms in total. The summed E-state index contributed by atoms with van der Waals surface area (Å²) in [6.45, 7) is 9.13. The van der Waals surface area contributed by atoms with Crippen LogP contribution in [0, 0.1) is 5.92 Å². The van der Waals surface area contributed by atoms with Crippen molar-refractivity contribution in [3.8, 4) is 5.75 Å². The summed E-state index contributed by atoms with van der Waals surface area (Å²) in [5.74, 6) is -0.458. The fraction of sp³-hybridized carbons (Fsp3) is 0.568. The first-order valence-electron chi connectivity index (χ1n) is 17.7. The topological polar surface area (TPSA) is 118 Å². The molecule has 4 atom stereocenters. The predicted octanol–water partition coefficient (Wildman–Crippen LogP) is 4.86. The van der Waals surface area contributed by atoms with Gasteiger partial charge in [-0.1, -0.05) is 30.7 Å². The Morgan fingerprint density at radius 3 is 2.70 bits per heavy atom. The minimum Gasteiger partial charge on any atom is -0.490 e. The highest BCUT2D eigenvalue weighted by Gasteiger charge is 2.46. The Balaban J connectivity index is 1.41. The number of carbonyl (C=O) groups excluding carboxylic acids is 2. The van der Waals surface area contributed by atoms with Crippen molar-refractivity contribution in [2.24, 2.45) is 5.92 Å². The quantitative estimate of drug-likeness (QED) is 0.433. The van der Waals surface area contributed by atoms with E-state index in [-0.39, 0.29) is 22.1 Å². The van der Waals surface area contributed by atoms with E-state index in [2.05, 4.69) is 28.7 Å². The first-order valence-corrected chi connectivity index (χ1v) is 19.5. The second-order valence-electron chi connectivity index (χ2n) is 14.9. The molecule has 0 saturated carbocycles. The van der Waals surface area contributed by atoms with Crippen LogP contribution in [0.4, 0.5) is 10.5 Å². The molecule has 1 spiro atoms. The number of likely N-dealkylation sites (N-methyl/N-ethyl adjacent to an activating group) is 1. The fourth-order valence-electron chi connectivity index (χ4n) is 8.30. The Labute approximate surface area is 299 Å². The summed E-state index contributed by atoms with van der Waals surface area (Å²) in [7, 11) is -2.46. The van der Waals surface area contributed by atoms with Gasteiger partial charge in [0.1, 0.15) is 11.9 Å². The molecule has 4 aliphatic heterocycles. The SMILES string of the molecule is CC[C@H]1[C@@H](OC(=O)N2CCOCC2)/C=C/CN(C)C(C)(C)C(=O)NS(=O)(=O)c2ccc3c(c2)N2C[C@@H]1c1cc4c(cc1Cl)CCC[C@@]4(CO3)C2. The van der Waals surface area contributed by atoms with Crippen molar-refractivity contribution in [1.82, 2.24) is 14.5 Å². The number of nitrogens with one attached hydrogen (secondary N) is 1. The van der Waals surface area contributed by atoms with Gasteiger partial charge in [0.15, 0.2) is 0 Å². The third-order valence-corrected chi connectivity index (χ3v) is 13.3. The number of sulfonamides is 1. The van der Waals surface area contributed by atoms with Gasteiger partial charge in [-0.15, -0.1) is 0 Å². The van der Waals surface area contributed by atoms with Crippen molar-refractivity contribution in [2.45, 2.75) is 74.3 Å². The number of hydrogen-bond acceptors (Lipinski definition) is 9. The summed E-state index contributed by atoms with van der Waals surface area (Å²) >= 11 is 7.21. The number of anilines is 1. The molecule has 4 heterocycles. The lowest BCUT2D eigenvalue weighted by molar-refractivity contribution is -0.128. The summed E-state index contributed by atoms with van der Waals surface area (Å²) in [6, 6.07) is 9.24. The molecule has 7 rings (SSSR count). The summed E-state index contributed by atoms with van der Waals surface area (Å²) in [5.41, 5.74) is 2.54. The lowest BCUT2D eigenvalue weighted by atomic mass is 9.67. The Hall–Kier alpha value is -3.32. The molecule has 0 unspecified atom stereocenters. The Morgan fingerprint density at radius 2 is 1.94 bits per heavy atom. The lowest BCUT2D eigenvalue weighted by Gasteiger charge is -2.46. The summed E-state index contributed by atoms with van der Waals surface area (Å²) in [6.07, 6.45) is 6.30. The van der Waals surface area contributed by atoms with E-state index in [4.69, 9.17) is 25.8 Å². The number of hydrogen-bond donors (Lipinski definition) is 1. The van der Waals surface area contributed by atoms with Crippen molar-refractivity contribution in [2.75, 3.05) is 64.5 Å². The van der Waals surface area contributed by atoms with Gasteiger partial charge in [0.25, 0.3) is 15.9 Å². The molecule has 2 amide bonds. The maximum absolute atomic E-state index is 13.8. The van der Waals surface area contributed by atoms with Crippen molar-refractivity contribution in [3.63, 3.8) is 0 Å². The molecule has 270 valence electrons. The highest BCUT2D eigenvalue weighted by molar-refractivity contribution is 7.90. The van der Waals surface area contributed by atoms with Crippen LogP contribution in [0.2, 0.25) is 5.02 Å². The van der Waals surface area contributed by atoms with Crippen molar-refractivity contribution >= 4 is 39.3 Å². The van der Waals surface area contributed by atoms with E-state index in [1.807, 2.05) is 12.2 Å². The van der Waals surface area contributed by atoms with Crippen LogP contribution in [-0.4, -0.2) is 101 Å². The predicted molar refractivity (Wildman–Crippen MR) is 191 cm³/mol. The van der Waals surface area contributed by atoms with Crippen LogP contribution in [0.5, 0.6) is 5.75 Å². The molecule has 1 N–H and O–H groups in total. The first-order chi connectivity index (χ1) is 23.8. The maximum atomic E-state index is 13.8. The molecule has 2 aromatic carbocycles. The number of ether oxygens (including phenoxy) is 3. The van der Waals surface area contributed by atoms with E-state index in [0.717, 1.165) is 24.8 Å². The number of aryl methyl sites for hydroxylation is 1. The monoisotopic (exact) mass is 726 g/mol. The number of carbonyl (C=O) groups is 2. The van der Waals surface area contributed by atoms with Gasteiger partial charge in [-0.2, -0.15) is 0 Å². The average Bonchev–Trinajstić information content (AvgIpc) is 3.24. The molecule has 5 aliphatic rings. The molecule has 2 aromatic rings. The summed E-state index contributed by atoms with van der Waals surface area (Å²) < 4.78 is 48.4. The van der Waals surface area contributed by atoms with Crippen molar-refractivity contribution in [1.29, 1.82) is 0 Å². The van der Waals surface area contributed by atoms with Gasteiger partial charge in [0.05, 0.1) is 35.9 Å². The van der Waals surface area contributed by atoms with Gasteiger partial charge in [0, 0.05) is 55.0 Å². The standard InChI is InChI=1S/C37H47ClN4O7S/c1-5-26-28-21-42-22-37(12-6-8-24-18-30(38)27(28)20-29(24)37)23-48-33-11-10-25(19-31(33)42)50(45,46)39-34(43)36(2,3)40(4)13-7-9-32(26)49-35(44)41-14-16-47-17-15-41/h7,9-11,18-20,26,28,32H,5-6,8,12-17,21-23H2,1-4H3,(H,39,43)/b9-7+/t26-,28+,32+,37+/m1/s1. The maximum Gasteiger partial charge on any atom is 0.410 e. The minimum atomic E-state index is -4.22. The number of benzene rings is 2. The molecule has 7 bridgehead atoms. The van der Waals surface area contributed by atoms with Crippen LogP contribution in [0.1, 0.15) is 62.6 Å². The summed E-state index contributed by atoms with van der Waals surface area (Å²) in [5, 5.41) is 0.683. The number of rotatable bonds is 2. The zero-order chi connectivity index (χ0) is 35.4. The number of amides is 2. The highest BCUT2D eigenvalue weighted by Crippen LogP contribution is 2.50. The number of morpholine rings is 1. The van der Waals surface area contributed by atoms with Crippen molar-refractivity contribution < 1.29 is 32.2 Å². The largest absolute Gasteiger partial charge is 0.490 e. The number of nitrogens with zero attached hydrogens (tertiary/aromatic N) is 3. The van der Waals surface area contributed by atoms with Gasteiger partial charge in [-0.3, -0.25) is 9.69 Å². The normalized spacial score (nSPS) is 29.6. The molecule has 1 aliphatic carbocycles. The van der Waals surface area contributed by atoms with Crippen molar-refractivity contribution in [3.05, 3.63) is 64.2 Å². The lowest BCUT2D eigenvalue weighted by Crippen LogP contribution is -2.54. The molecule has 0 radical (unpaired) electrons. The molecule has 1 saturated heterocycles. The molecule has 1 fully saturated rings. The number of fused-ring (bicyclic) bond motifs is 4. The number of halogens is 1. The first kappa shape index (κ1) is 35.1. The average molecular weight is 727 g/mol. The van der Waals surface area contributed by atoms with Gasteiger partial charge in [-0.25, -0.2) is 17.9 Å². The smallest absolute Gasteiger partial charge is 0.410 e. The zero-order valence-corrected chi connectivity index (χ0v) is 30.8. The van der Waals surface area contributed by atoms with Gasteiger partial charge < -0.3 is 24.0 Å². The molecular formula is C37H47ClN4O7S. The highest BCUT2D eigenvalue weighted by atomic mass is 35.5. The van der Waals surface area contributed by atoms with Gasteiger partial charge >= 0.3 is 6.09 Å². The zero-order valence-electron chi connectivity index (χ0n) is 29.2. The van der Waals surface area contributed by atoms with E-state index < -0.39 is 33.7 Å². The third kappa shape index (κ3) is 6.26. The molecule has 50 heavy (non-hydrogen) atoms. The van der Waals surface area contributed by atoms with Crippen LogP contribution in [0.15, 0.2) is 47.4 Å². The van der Waals surface area contributed by atoms with Crippen LogP contribution >= 0.6 is 11.6 Å².